The molecule has 1 N–H and O–H groups in total. The van der Waals surface area contributed by atoms with Crippen molar-refractivity contribution in [3.05, 3.63) is 65.5 Å². The summed E-state index contributed by atoms with van der Waals surface area (Å²) in [7, 11) is 0. The van der Waals surface area contributed by atoms with Crippen molar-refractivity contribution in [2.75, 3.05) is 31.5 Å². The van der Waals surface area contributed by atoms with Crippen molar-refractivity contribution in [3.8, 4) is 0 Å². The number of anilines is 1. The van der Waals surface area contributed by atoms with Gasteiger partial charge in [-0.15, -0.1) is 0 Å². The average Bonchev–Trinajstić information content (AvgIpc) is 2.60. The van der Waals surface area contributed by atoms with Crippen LogP contribution in [0, 0.1) is 12.7 Å². The maximum Gasteiger partial charge on any atom is 0.321 e. The van der Waals surface area contributed by atoms with E-state index in [9.17, 15) is 9.18 Å². The number of nitrogens with zero attached hydrogens (tertiary/aromatic N) is 2. The van der Waals surface area contributed by atoms with E-state index >= 15 is 0 Å². The van der Waals surface area contributed by atoms with Crippen LogP contribution in [-0.2, 0) is 6.54 Å². The maximum absolute atomic E-state index is 13.3. The Morgan fingerprint density at radius 2 is 1.79 bits per heavy atom. The number of nitrogens with one attached hydrogen (secondary N) is 1. The summed E-state index contributed by atoms with van der Waals surface area (Å²) in [4.78, 5) is 16.5. The number of piperazine rings is 1. The summed E-state index contributed by atoms with van der Waals surface area (Å²) in [6.45, 7) is 5.69. The number of urea groups is 1. The molecule has 3 rings (SSSR count). The Morgan fingerprint density at radius 3 is 2.46 bits per heavy atom. The van der Waals surface area contributed by atoms with Crippen LogP contribution in [-0.4, -0.2) is 42.0 Å². The largest absolute Gasteiger partial charge is 0.322 e. The van der Waals surface area contributed by atoms with Gasteiger partial charge in [0.1, 0.15) is 5.82 Å². The maximum atomic E-state index is 13.3. The monoisotopic (exact) mass is 327 g/mol. The molecule has 0 aliphatic carbocycles. The number of carbonyl (C=O) groups is 1. The van der Waals surface area contributed by atoms with Gasteiger partial charge in [0.25, 0.3) is 0 Å². The van der Waals surface area contributed by atoms with E-state index in [1.165, 1.54) is 11.6 Å². The van der Waals surface area contributed by atoms with E-state index in [0.29, 0.717) is 24.3 Å². The molecule has 4 nitrogen and oxygen atoms in total. The molecule has 0 bridgehead atoms. The third-order valence-electron chi connectivity index (χ3n) is 4.32. The molecule has 0 spiro atoms. The molecule has 0 atom stereocenters. The Kier molecular flexibility index (Phi) is 5.11. The topological polar surface area (TPSA) is 35.6 Å². The zero-order valence-electron chi connectivity index (χ0n) is 13.8. The van der Waals surface area contributed by atoms with Gasteiger partial charge in [-0.05, 0) is 36.2 Å². The van der Waals surface area contributed by atoms with Crippen LogP contribution in [0.2, 0.25) is 0 Å². The van der Waals surface area contributed by atoms with E-state index in [2.05, 4.69) is 22.3 Å². The summed E-state index contributed by atoms with van der Waals surface area (Å²) < 4.78 is 13.3. The van der Waals surface area contributed by atoms with Crippen molar-refractivity contribution >= 4 is 11.7 Å². The van der Waals surface area contributed by atoms with E-state index in [0.717, 1.165) is 19.6 Å². The van der Waals surface area contributed by atoms with Crippen molar-refractivity contribution in [2.45, 2.75) is 13.5 Å². The van der Waals surface area contributed by atoms with Crippen LogP contribution in [0.1, 0.15) is 11.1 Å². The number of carbonyl (C=O) groups excluding carboxylic acids is 1. The first-order valence-corrected chi connectivity index (χ1v) is 8.20. The van der Waals surface area contributed by atoms with Gasteiger partial charge in [-0.25, -0.2) is 9.18 Å². The number of rotatable bonds is 3. The zero-order chi connectivity index (χ0) is 16.9. The summed E-state index contributed by atoms with van der Waals surface area (Å²) in [5, 5.41) is 2.85. The summed E-state index contributed by atoms with van der Waals surface area (Å²) in [5.74, 6) is -0.262. The smallest absolute Gasteiger partial charge is 0.321 e. The van der Waals surface area contributed by atoms with Crippen LogP contribution in [0.15, 0.2) is 48.5 Å². The summed E-state index contributed by atoms with van der Waals surface area (Å²) in [6.07, 6.45) is 0. The van der Waals surface area contributed by atoms with Crippen molar-refractivity contribution in [1.82, 2.24) is 9.80 Å². The van der Waals surface area contributed by atoms with Gasteiger partial charge in [0.15, 0.2) is 0 Å². The van der Waals surface area contributed by atoms with Crippen molar-refractivity contribution in [1.29, 1.82) is 0 Å². The molecule has 2 aromatic rings. The molecule has 0 unspecified atom stereocenters. The fourth-order valence-electron chi connectivity index (χ4n) is 2.88. The lowest BCUT2D eigenvalue weighted by Gasteiger charge is -2.34. The van der Waals surface area contributed by atoms with Gasteiger partial charge in [-0.3, -0.25) is 4.90 Å². The first kappa shape index (κ1) is 16.5. The molecule has 5 heteroatoms. The number of amides is 2. The highest BCUT2D eigenvalue weighted by atomic mass is 19.1. The lowest BCUT2D eigenvalue weighted by Crippen LogP contribution is -2.49. The van der Waals surface area contributed by atoms with E-state index < -0.39 is 0 Å². The van der Waals surface area contributed by atoms with Gasteiger partial charge < -0.3 is 10.2 Å². The summed E-state index contributed by atoms with van der Waals surface area (Å²) >= 11 is 0. The van der Waals surface area contributed by atoms with E-state index in [1.807, 2.05) is 18.2 Å². The third kappa shape index (κ3) is 4.11. The Morgan fingerprint density at radius 1 is 1.08 bits per heavy atom. The minimum absolute atomic E-state index is 0.125. The van der Waals surface area contributed by atoms with Crippen LogP contribution in [0.3, 0.4) is 0 Å². The number of benzene rings is 2. The molecule has 1 fully saturated rings. The first-order valence-electron chi connectivity index (χ1n) is 8.20. The number of halogens is 1. The van der Waals surface area contributed by atoms with Gasteiger partial charge in [0.2, 0.25) is 0 Å². The Labute approximate surface area is 141 Å². The fraction of sp³-hybridized carbons (Fsp3) is 0.316. The van der Waals surface area contributed by atoms with Crippen LogP contribution in [0.4, 0.5) is 14.9 Å². The highest BCUT2D eigenvalue weighted by Crippen LogP contribution is 2.15. The summed E-state index contributed by atoms with van der Waals surface area (Å²) in [6, 6.07) is 14.8. The van der Waals surface area contributed by atoms with Crippen LogP contribution in [0.25, 0.3) is 0 Å². The van der Waals surface area contributed by atoms with Crippen molar-refractivity contribution < 1.29 is 9.18 Å². The minimum Gasteiger partial charge on any atom is -0.322 e. The van der Waals surface area contributed by atoms with Crippen LogP contribution in [0.5, 0.6) is 0 Å². The fourth-order valence-corrected chi connectivity index (χ4v) is 2.88. The highest BCUT2D eigenvalue weighted by Gasteiger charge is 2.21. The molecule has 1 aliphatic heterocycles. The molecule has 1 saturated heterocycles. The van der Waals surface area contributed by atoms with Gasteiger partial charge >= 0.3 is 6.03 Å². The van der Waals surface area contributed by atoms with E-state index in [1.54, 1.807) is 24.0 Å². The quantitative estimate of drug-likeness (QED) is 0.937. The predicted octanol–water partition coefficient (Wildman–Crippen LogP) is 3.48. The lowest BCUT2D eigenvalue weighted by atomic mass is 10.2. The van der Waals surface area contributed by atoms with Gasteiger partial charge in [-0.2, -0.15) is 0 Å². The van der Waals surface area contributed by atoms with Gasteiger partial charge in [0, 0.05) is 38.4 Å². The second-order valence-electron chi connectivity index (χ2n) is 6.14. The molecular weight excluding hydrogens is 305 g/mol. The van der Waals surface area contributed by atoms with Crippen LogP contribution < -0.4 is 5.32 Å². The van der Waals surface area contributed by atoms with E-state index in [-0.39, 0.29) is 11.8 Å². The molecule has 24 heavy (non-hydrogen) atoms. The molecule has 1 heterocycles. The SMILES string of the molecule is Cc1cc(NC(=O)N2CCN(Cc3ccccc3)CC2)ccc1F. The van der Waals surface area contributed by atoms with Crippen LogP contribution >= 0.6 is 0 Å². The number of hydrogen-bond acceptors (Lipinski definition) is 2. The molecule has 126 valence electrons. The Hall–Kier alpha value is -2.40. The molecule has 0 saturated carbocycles. The average molecular weight is 327 g/mol. The second-order valence-corrected chi connectivity index (χ2v) is 6.14. The zero-order valence-corrected chi connectivity index (χ0v) is 13.8. The van der Waals surface area contributed by atoms with Crippen molar-refractivity contribution in [2.24, 2.45) is 0 Å². The first-order chi connectivity index (χ1) is 11.6. The molecule has 0 aromatic heterocycles. The second kappa shape index (κ2) is 7.45. The lowest BCUT2D eigenvalue weighted by molar-refractivity contribution is 0.143. The van der Waals surface area contributed by atoms with Gasteiger partial charge in [-0.1, -0.05) is 30.3 Å². The van der Waals surface area contributed by atoms with Gasteiger partial charge in [0.05, 0.1) is 0 Å². The number of hydrogen-bond donors (Lipinski definition) is 1. The predicted molar refractivity (Wildman–Crippen MR) is 93.4 cm³/mol. The Bertz CT molecular complexity index is 697. The third-order valence-corrected chi connectivity index (χ3v) is 4.32. The van der Waals surface area contributed by atoms with E-state index in [4.69, 9.17) is 0 Å². The molecular formula is C19H22FN3O. The highest BCUT2D eigenvalue weighted by molar-refractivity contribution is 5.89. The molecule has 1 aliphatic rings. The Balaban J connectivity index is 1.50. The molecule has 2 amide bonds. The normalized spacial score (nSPS) is 15.3. The van der Waals surface area contributed by atoms with Crippen molar-refractivity contribution in [3.63, 3.8) is 0 Å². The number of aryl methyl sites for hydroxylation is 1. The molecule has 2 aromatic carbocycles. The minimum atomic E-state index is -0.262. The standard InChI is InChI=1S/C19H22FN3O/c1-15-13-17(7-8-18(15)20)21-19(24)23-11-9-22(10-12-23)14-16-5-3-2-4-6-16/h2-8,13H,9-12,14H2,1H3,(H,21,24). The molecule has 0 radical (unpaired) electrons. The summed E-state index contributed by atoms with van der Waals surface area (Å²) in [5.41, 5.74) is 2.45.